The number of benzene rings is 1. The lowest BCUT2D eigenvalue weighted by Crippen LogP contribution is -2.39. The molecule has 148 valence electrons. The summed E-state index contributed by atoms with van der Waals surface area (Å²) in [6, 6.07) is 12.6. The number of pyridine rings is 1. The van der Waals surface area contributed by atoms with Crippen LogP contribution in [0.2, 0.25) is 0 Å². The number of fused-ring (bicyclic) bond motifs is 1. The number of hydrogen-bond acceptors (Lipinski definition) is 7. The highest BCUT2D eigenvalue weighted by Gasteiger charge is 2.22. The number of aryl methyl sites for hydroxylation is 1. The number of hydrogen-bond donors (Lipinski definition) is 1. The number of anilines is 2. The highest BCUT2D eigenvalue weighted by molar-refractivity contribution is 7.09. The normalized spacial score (nSPS) is 15.2. The topological polar surface area (TPSA) is 71.2 Å². The van der Waals surface area contributed by atoms with Crippen LogP contribution in [0.4, 0.5) is 15.5 Å². The van der Waals surface area contributed by atoms with E-state index in [-0.39, 0.29) is 5.82 Å². The van der Waals surface area contributed by atoms with E-state index in [0.717, 1.165) is 53.8 Å². The molecule has 4 heterocycles. The van der Waals surface area contributed by atoms with Crippen molar-refractivity contribution < 1.29 is 4.39 Å². The summed E-state index contributed by atoms with van der Waals surface area (Å²) in [6.07, 6.45) is 1.97. The number of piperidine rings is 1. The van der Waals surface area contributed by atoms with E-state index >= 15 is 0 Å². The molecule has 1 aliphatic rings. The van der Waals surface area contributed by atoms with Crippen LogP contribution in [-0.4, -0.2) is 43.1 Å². The van der Waals surface area contributed by atoms with Crippen LogP contribution < -0.4 is 10.2 Å². The average Bonchev–Trinajstić information content (AvgIpc) is 3.35. The first-order valence-electron chi connectivity index (χ1n) is 9.59. The highest BCUT2D eigenvalue weighted by atomic mass is 32.1. The zero-order chi connectivity index (χ0) is 19.8. The van der Waals surface area contributed by atoms with Gasteiger partial charge in [-0.25, -0.2) is 13.9 Å². The summed E-state index contributed by atoms with van der Waals surface area (Å²) in [4.78, 5) is 11.4. The quantitative estimate of drug-likeness (QED) is 0.553. The summed E-state index contributed by atoms with van der Waals surface area (Å²) in [7, 11) is 0. The standard InChI is InChI=1S/C20H20FN7S/c1-13-22-20(29-26-13)27-11-9-16(10-12-27)23-19-24-18-4-2-3-17(28(18)25-19)14-5-7-15(21)8-6-14/h2-8,16H,9-12H2,1H3,(H,23,25). The first-order chi connectivity index (χ1) is 14.2. The van der Waals surface area contributed by atoms with Gasteiger partial charge in [-0.05, 0) is 56.2 Å². The minimum atomic E-state index is -0.253. The molecule has 1 aromatic carbocycles. The average molecular weight is 409 g/mol. The zero-order valence-corrected chi connectivity index (χ0v) is 16.7. The van der Waals surface area contributed by atoms with Crippen LogP contribution >= 0.6 is 11.5 Å². The van der Waals surface area contributed by atoms with Crippen molar-refractivity contribution in [2.75, 3.05) is 23.3 Å². The Hall–Kier alpha value is -3.07. The minimum Gasteiger partial charge on any atom is -0.350 e. The van der Waals surface area contributed by atoms with Gasteiger partial charge in [-0.2, -0.15) is 9.36 Å². The fourth-order valence-corrected chi connectivity index (χ4v) is 4.34. The Morgan fingerprint density at radius 2 is 1.86 bits per heavy atom. The van der Waals surface area contributed by atoms with Gasteiger partial charge in [0.05, 0.1) is 5.69 Å². The summed E-state index contributed by atoms with van der Waals surface area (Å²) in [5.41, 5.74) is 2.54. The van der Waals surface area contributed by atoms with Crippen LogP contribution in [0.5, 0.6) is 0 Å². The molecule has 29 heavy (non-hydrogen) atoms. The van der Waals surface area contributed by atoms with Crippen molar-refractivity contribution in [3.63, 3.8) is 0 Å². The summed E-state index contributed by atoms with van der Waals surface area (Å²) >= 11 is 1.46. The van der Waals surface area contributed by atoms with Crippen molar-refractivity contribution in [1.29, 1.82) is 0 Å². The van der Waals surface area contributed by atoms with E-state index in [1.54, 1.807) is 16.6 Å². The van der Waals surface area contributed by atoms with Crippen molar-refractivity contribution in [3.8, 4) is 11.3 Å². The minimum absolute atomic E-state index is 0.253. The maximum absolute atomic E-state index is 13.3. The second-order valence-electron chi connectivity index (χ2n) is 7.15. The molecule has 0 spiro atoms. The van der Waals surface area contributed by atoms with Crippen LogP contribution in [-0.2, 0) is 0 Å². The molecule has 1 aliphatic heterocycles. The Kier molecular flexibility index (Phi) is 4.59. The van der Waals surface area contributed by atoms with Gasteiger partial charge < -0.3 is 10.2 Å². The van der Waals surface area contributed by atoms with Gasteiger partial charge in [-0.15, -0.1) is 5.10 Å². The van der Waals surface area contributed by atoms with Crippen molar-refractivity contribution in [2.45, 2.75) is 25.8 Å². The lowest BCUT2D eigenvalue weighted by Gasteiger charge is -2.31. The maximum atomic E-state index is 13.3. The van der Waals surface area contributed by atoms with Crippen LogP contribution in [0.15, 0.2) is 42.5 Å². The van der Waals surface area contributed by atoms with E-state index in [1.807, 2.05) is 25.1 Å². The van der Waals surface area contributed by atoms with Crippen LogP contribution in [0.25, 0.3) is 16.9 Å². The molecule has 1 N–H and O–H groups in total. The van der Waals surface area contributed by atoms with Gasteiger partial charge in [-0.3, -0.25) is 0 Å². The lowest BCUT2D eigenvalue weighted by atomic mass is 10.1. The maximum Gasteiger partial charge on any atom is 0.243 e. The lowest BCUT2D eigenvalue weighted by molar-refractivity contribution is 0.523. The van der Waals surface area contributed by atoms with Gasteiger partial charge in [0.25, 0.3) is 0 Å². The Bertz CT molecular complexity index is 1130. The number of rotatable bonds is 4. The first kappa shape index (κ1) is 18.0. The second kappa shape index (κ2) is 7.40. The molecule has 4 aromatic rings. The molecule has 0 atom stereocenters. The Morgan fingerprint density at radius 3 is 2.59 bits per heavy atom. The third-order valence-electron chi connectivity index (χ3n) is 5.12. The van der Waals surface area contributed by atoms with Gasteiger partial charge in [0.15, 0.2) is 5.65 Å². The predicted octanol–water partition coefficient (Wildman–Crippen LogP) is 3.78. The van der Waals surface area contributed by atoms with Gasteiger partial charge in [-0.1, -0.05) is 6.07 Å². The summed E-state index contributed by atoms with van der Waals surface area (Å²) in [5, 5.41) is 9.12. The molecule has 7 nitrogen and oxygen atoms in total. The molecule has 0 radical (unpaired) electrons. The number of halogens is 1. The molecule has 9 heteroatoms. The van der Waals surface area contributed by atoms with Crippen molar-refractivity contribution in [3.05, 3.63) is 54.1 Å². The molecule has 1 saturated heterocycles. The van der Waals surface area contributed by atoms with E-state index in [1.165, 1.54) is 23.7 Å². The molecule has 3 aromatic heterocycles. The predicted molar refractivity (Wildman–Crippen MR) is 112 cm³/mol. The molecule has 0 amide bonds. The van der Waals surface area contributed by atoms with E-state index in [4.69, 9.17) is 0 Å². The molecular weight excluding hydrogens is 389 g/mol. The fraction of sp³-hybridized carbons (Fsp3) is 0.300. The van der Waals surface area contributed by atoms with Gasteiger partial charge >= 0.3 is 0 Å². The first-order valence-corrected chi connectivity index (χ1v) is 10.4. The molecule has 1 fully saturated rings. The monoisotopic (exact) mass is 409 g/mol. The Labute approximate surface area is 171 Å². The number of nitrogens with zero attached hydrogens (tertiary/aromatic N) is 6. The second-order valence-corrected chi connectivity index (χ2v) is 7.88. The zero-order valence-electron chi connectivity index (χ0n) is 15.9. The summed E-state index contributed by atoms with van der Waals surface area (Å²) in [5.74, 6) is 1.19. The van der Waals surface area contributed by atoms with Gasteiger partial charge in [0.2, 0.25) is 11.1 Å². The number of aromatic nitrogens is 5. The van der Waals surface area contributed by atoms with Crippen molar-refractivity contribution in [1.82, 2.24) is 24.0 Å². The van der Waals surface area contributed by atoms with Crippen LogP contribution in [0.1, 0.15) is 18.7 Å². The van der Waals surface area contributed by atoms with E-state index < -0.39 is 0 Å². The van der Waals surface area contributed by atoms with E-state index in [9.17, 15) is 4.39 Å². The molecule has 5 rings (SSSR count). The third-order valence-corrected chi connectivity index (χ3v) is 5.98. The molecule has 0 aliphatic carbocycles. The van der Waals surface area contributed by atoms with Crippen LogP contribution in [0, 0.1) is 12.7 Å². The van der Waals surface area contributed by atoms with Gasteiger partial charge in [0.1, 0.15) is 11.6 Å². The smallest absolute Gasteiger partial charge is 0.243 e. The molecule has 0 saturated carbocycles. The molecule has 0 bridgehead atoms. The van der Waals surface area contributed by atoms with E-state index in [0.29, 0.717) is 12.0 Å². The SMILES string of the molecule is Cc1nsc(N2CCC(Nc3nc4cccc(-c5ccc(F)cc5)n4n3)CC2)n1. The largest absolute Gasteiger partial charge is 0.350 e. The Balaban J connectivity index is 1.31. The van der Waals surface area contributed by atoms with Crippen molar-refractivity contribution >= 4 is 28.3 Å². The van der Waals surface area contributed by atoms with Gasteiger partial charge in [0, 0.05) is 36.2 Å². The summed E-state index contributed by atoms with van der Waals surface area (Å²) < 4.78 is 19.3. The number of nitrogens with one attached hydrogen (secondary N) is 1. The van der Waals surface area contributed by atoms with E-state index in [2.05, 4.69) is 29.7 Å². The fourth-order valence-electron chi connectivity index (χ4n) is 3.62. The molecular formula is C20H20FN7S. The molecule has 0 unspecified atom stereocenters. The Morgan fingerprint density at radius 1 is 1.07 bits per heavy atom. The summed E-state index contributed by atoms with van der Waals surface area (Å²) in [6.45, 7) is 3.78. The van der Waals surface area contributed by atoms with Crippen LogP contribution in [0.3, 0.4) is 0 Å². The van der Waals surface area contributed by atoms with Crippen molar-refractivity contribution in [2.24, 2.45) is 0 Å². The highest BCUT2D eigenvalue weighted by Crippen LogP contribution is 2.24. The third kappa shape index (κ3) is 3.65.